The van der Waals surface area contributed by atoms with Gasteiger partial charge in [0, 0.05) is 25.4 Å². The molecule has 0 spiro atoms. The number of carbonyl (C=O) groups is 3. The molecule has 0 fully saturated rings. The van der Waals surface area contributed by atoms with Crippen LogP contribution >= 0.6 is 23.2 Å². The highest BCUT2D eigenvalue weighted by Crippen LogP contribution is 2.41. The van der Waals surface area contributed by atoms with Gasteiger partial charge in [0.05, 0.1) is 10.0 Å². The van der Waals surface area contributed by atoms with Gasteiger partial charge >= 0.3 is 12.0 Å². The Hall–Kier alpha value is -5.91. The van der Waals surface area contributed by atoms with E-state index in [0.717, 1.165) is 39.0 Å². The summed E-state index contributed by atoms with van der Waals surface area (Å²) >= 11 is 12.2. The van der Waals surface area contributed by atoms with Gasteiger partial charge in [0.15, 0.2) is 17.6 Å². The van der Waals surface area contributed by atoms with E-state index in [4.69, 9.17) is 43.1 Å². The number of nitrogens with two attached hydrogens (primary N) is 1. The number of nitrogens with one attached hydrogen (secondary N) is 2. The number of ether oxygens (including phenoxy) is 3. The van der Waals surface area contributed by atoms with E-state index in [1.807, 2.05) is 93.6 Å². The van der Waals surface area contributed by atoms with Crippen molar-refractivity contribution in [3.05, 3.63) is 153 Å². The summed E-state index contributed by atoms with van der Waals surface area (Å²) in [5.74, 6) is -0.0648. The second kappa shape index (κ2) is 18.6. The van der Waals surface area contributed by atoms with Crippen LogP contribution in [-0.4, -0.2) is 52.6 Å². The van der Waals surface area contributed by atoms with Crippen molar-refractivity contribution in [2.24, 2.45) is 5.73 Å². The molecule has 0 saturated carbocycles. The zero-order valence-electron chi connectivity index (χ0n) is 32.5. The molecule has 0 aromatic heterocycles. The van der Waals surface area contributed by atoms with Crippen LogP contribution < -0.4 is 30.6 Å². The SMILES string of the molecule is C=C/C=C(\C(C)=C/N)c1ccc(C[C@H](NC(=O)[C@@H]2Cc3cc4c(cc3CN2C(=O)NC(C)C)O[C@@H](c2ccc(OCc3ccc(Cl)c(Cl)c3)cc2)CO4)C(=O)O)cc1. The van der Waals surface area contributed by atoms with Gasteiger partial charge in [-0.15, -0.1) is 0 Å². The number of rotatable bonds is 13. The molecule has 2 aliphatic heterocycles. The standard InChI is InChI=1S/C45H46Cl2N4O7/c1-5-6-35(27(4)22-48)30-10-7-28(8-11-30)18-38(44(53)54)50-43(52)39-19-32-20-40-41(21-33(32)23-51(39)45(55)49-26(2)3)58-42(25-57-40)31-12-14-34(15-13-31)56-24-29-9-16-36(46)37(47)17-29/h5-17,20-22,26,38-39,42H,1,18-19,23-25,48H2,2-4H3,(H,49,55)(H,50,52)(H,53,54)/b27-22-,35-6+/t38-,39-,42+/m0/s1. The first kappa shape index (κ1) is 41.7. The molecule has 0 saturated heterocycles. The molecule has 5 N–H and O–H groups in total. The second-order valence-corrected chi connectivity index (χ2v) is 15.3. The Morgan fingerprint density at radius 3 is 2.33 bits per heavy atom. The summed E-state index contributed by atoms with van der Waals surface area (Å²) in [6.45, 7) is 9.99. The Bertz CT molecular complexity index is 2240. The van der Waals surface area contributed by atoms with E-state index in [1.54, 1.807) is 18.2 Å². The summed E-state index contributed by atoms with van der Waals surface area (Å²) in [7, 11) is 0. The van der Waals surface area contributed by atoms with Crippen LogP contribution in [0.25, 0.3) is 5.57 Å². The number of allylic oxidation sites excluding steroid dienone is 4. The lowest BCUT2D eigenvalue weighted by Crippen LogP contribution is -2.58. The molecule has 4 aromatic rings. The first-order chi connectivity index (χ1) is 27.8. The second-order valence-electron chi connectivity index (χ2n) is 14.5. The number of benzene rings is 4. The van der Waals surface area contributed by atoms with E-state index in [0.29, 0.717) is 39.5 Å². The molecule has 2 heterocycles. The van der Waals surface area contributed by atoms with Crippen molar-refractivity contribution in [2.75, 3.05) is 6.61 Å². The van der Waals surface area contributed by atoms with E-state index in [-0.39, 0.29) is 32.0 Å². The molecule has 0 unspecified atom stereocenters. The number of urea groups is 1. The fourth-order valence-corrected chi connectivity index (χ4v) is 7.18. The minimum absolute atomic E-state index is 0.0312. The highest BCUT2D eigenvalue weighted by atomic mass is 35.5. The number of carbonyl (C=O) groups excluding carboxylic acids is 2. The van der Waals surface area contributed by atoms with Crippen molar-refractivity contribution in [1.29, 1.82) is 0 Å². The van der Waals surface area contributed by atoms with E-state index in [9.17, 15) is 19.5 Å². The Balaban J connectivity index is 1.15. The maximum Gasteiger partial charge on any atom is 0.326 e. The van der Waals surface area contributed by atoms with Gasteiger partial charge in [-0.3, -0.25) is 4.79 Å². The first-order valence-electron chi connectivity index (χ1n) is 18.9. The molecule has 2 aliphatic rings. The summed E-state index contributed by atoms with van der Waals surface area (Å²) in [5.41, 5.74) is 12.4. The number of hydrogen-bond acceptors (Lipinski definition) is 7. The monoisotopic (exact) mass is 824 g/mol. The molecule has 13 heteroatoms. The molecule has 11 nitrogen and oxygen atoms in total. The van der Waals surface area contributed by atoms with Crippen molar-refractivity contribution < 1.29 is 33.7 Å². The summed E-state index contributed by atoms with van der Waals surface area (Å²) in [5, 5.41) is 16.7. The van der Waals surface area contributed by atoms with Gasteiger partial charge in [-0.05, 0) is 108 Å². The number of hydrogen-bond donors (Lipinski definition) is 4. The van der Waals surface area contributed by atoms with Crippen LogP contribution in [0.5, 0.6) is 17.2 Å². The third-order valence-corrected chi connectivity index (χ3v) is 10.7. The van der Waals surface area contributed by atoms with Crippen molar-refractivity contribution in [2.45, 2.75) is 71.0 Å². The lowest BCUT2D eigenvalue weighted by molar-refractivity contribution is -0.142. The zero-order chi connectivity index (χ0) is 41.5. The first-order valence-corrected chi connectivity index (χ1v) is 19.6. The average molecular weight is 826 g/mol. The van der Waals surface area contributed by atoms with Crippen LogP contribution in [0.15, 0.2) is 109 Å². The number of aliphatic carboxylic acids is 1. The normalized spacial score (nSPS) is 16.9. The van der Waals surface area contributed by atoms with Crippen LogP contribution in [0.2, 0.25) is 10.0 Å². The van der Waals surface area contributed by atoms with Crippen molar-refractivity contribution in [3.8, 4) is 17.2 Å². The van der Waals surface area contributed by atoms with E-state index >= 15 is 0 Å². The van der Waals surface area contributed by atoms with Gasteiger partial charge < -0.3 is 40.6 Å². The molecule has 0 radical (unpaired) electrons. The van der Waals surface area contributed by atoms with Crippen LogP contribution in [0.3, 0.4) is 0 Å². The third-order valence-electron chi connectivity index (χ3n) is 9.95. The Morgan fingerprint density at radius 1 is 0.966 bits per heavy atom. The predicted molar refractivity (Wildman–Crippen MR) is 225 cm³/mol. The summed E-state index contributed by atoms with van der Waals surface area (Å²) in [6, 6.07) is 21.1. The number of carboxylic acid groups (broad SMARTS) is 1. The highest BCUT2D eigenvalue weighted by molar-refractivity contribution is 6.42. The lowest BCUT2D eigenvalue weighted by atomic mass is 9.92. The maximum absolute atomic E-state index is 14.0. The third kappa shape index (κ3) is 9.96. The Morgan fingerprint density at radius 2 is 1.67 bits per heavy atom. The number of amides is 3. The number of carboxylic acids is 1. The number of halogens is 2. The maximum atomic E-state index is 14.0. The van der Waals surface area contributed by atoms with Crippen molar-refractivity contribution in [1.82, 2.24) is 15.5 Å². The lowest BCUT2D eigenvalue weighted by Gasteiger charge is -2.38. The van der Waals surface area contributed by atoms with Crippen LogP contribution in [0.1, 0.15) is 60.3 Å². The molecule has 4 aromatic carbocycles. The molecule has 302 valence electrons. The van der Waals surface area contributed by atoms with E-state index < -0.39 is 36.1 Å². The van der Waals surface area contributed by atoms with E-state index in [1.165, 1.54) is 11.1 Å². The van der Waals surface area contributed by atoms with Gasteiger partial charge in [0.25, 0.3) is 0 Å². The van der Waals surface area contributed by atoms with Gasteiger partial charge in [0.2, 0.25) is 5.91 Å². The zero-order valence-corrected chi connectivity index (χ0v) is 34.0. The summed E-state index contributed by atoms with van der Waals surface area (Å²) in [4.78, 5) is 41.5. The van der Waals surface area contributed by atoms with Gasteiger partial charge in [0.1, 0.15) is 31.0 Å². The fraction of sp³-hybridized carbons (Fsp3) is 0.267. The summed E-state index contributed by atoms with van der Waals surface area (Å²) < 4.78 is 18.5. The van der Waals surface area contributed by atoms with Gasteiger partial charge in [-0.25, -0.2) is 9.59 Å². The molecule has 3 amide bonds. The van der Waals surface area contributed by atoms with Crippen LogP contribution in [-0.2, 0) is 35.6 Å². The fourth-order valence-electron chi connectivity index (χ4n) is 6.85. The molecular formula is C45H46Cl2N4O7. The predicted octanol–water partition coefficient (Wildman–Crippen LogP) is 8.17. The highest BCUT2D eigenvalue weighted by Gasteiger charge is 2.38. The minimum Gasteiger partial charge on any atom is -0.489 e. The molecule has 0 bridgehead atoms. The smallest absolute Gasteiger partial charge is 0.326 e. The average Bonchev–Trinajstić information content (AvgIpc) is 3.21. The summed E-state index contributed by atoms with van der Waals surface area (Å²) in [6.07, 6.45) is 4.81. The van der Waals surface area contributed by atoms with Crippen LogP contribution in [0, 0.1) is 0 Å². The number of nitrogens with zero attached hydrogens (tertiary/aromatic N) is 1. The molecule has 6 rings (SSSR count). The molecule has 3 atom stereocenters. The molecule has 58 heavy (non-hydrogen) atoms. The topological polar surface area (TPSA) is 152 Å². The minimum atomic E-state index is -1.25. The molecule has 0 aliphatic carbocycles. The number of fused-ring (bicyclic) bond motifs is 2. The quantitative estimate of drug-likeness (QED) is 0.0986. The van der Waals surface area contributed by atoms with E-state index in [2.05, 4.69) is 17.2 Å². The molecular weight excluding hydrogens is 779 g/mol. The van der Waals surface area contributed by atoms with Crippen molar-refractivity contribution >= 4 is 46.7 Å². The van der Waals surface area contributed by atoms with Gasteiger partial charge in [-0.1, -0.05) is 84.4 Å². The Labute approximate surface area is 348 Å². The largest absolute Gasteiger partial charge is 0.489 e. The Kier molecular flexibility index (Phi) is 13.4. The van der Waals surface area contributed by atoms with Crippen molar-refractivity contribution in [3.63, 3.8) is 0 Å². The van der Waals surface area contributed by atoms with Gasteiger partial charge in [-0.2, -0.15) is 0 Å². The van der Waals surface area contributed by atoms with Crippen LogP contribution in [0.4, 0.5) is 4.79 Å².